The molecule has 0 aliphatic carbocycles. The summed E-state index contributed by atoms with van der Waals surface area (Å²) in [5, 5.41) is 0. The van der Waals surface area contributed by atoms with Crippen molar-refractivity contribution in [3.8, 4) is 11.5 Å². The normalized spacial score (nSPS) is 15.3. The minimum absolute atomic E-state index is 0.0118. The van der Waals surface area contributed by atoms with Crippen molar-refractivity contribution in [3.05, 3.63) is 36.4 Å². The molecule has 1 aromatic carbocycles. The Morgan fingerprint density at radius 3 is 2.74 bits per heavy atom. The highest BCUT2D eigenvalue weighted by atomic mass is 16.5. The van der Waals surface area contributed by atoms with Crippen LogP contribution < -0.4 is 15.2 Å². The van der Waals surface area contributed by atoms with Crippen LogP contribution in [-0.4, -0.2) is 44.2 Å². The summed E-state index contributed by atoms with van der Waals surface area (Å²) in [7, 11) is 1.60. The maximum atomic E-state index is 12.3. The fourth-order valence-electron chi connectivity index (χ4n) is 2.77. The molecule has 5 heteroatoms. The summed E-state index contributed by atoms with van der Waals surface area (Å²) in [6, 6.07) is 5.70. The zero-order valence-corrected chi connectivity index (χ0v) is 13.8. The molecule has 126 valence electrons. The van der Waals surface area contributed by atoms with Crippen LogP contribution >= 0.6 is 0 Å². The van der Waals surface area contributed by atoms with Crippen LogP contribution in [0.1, 0.15) is 18.4 Å². The van der Waals surface area contributed by atoms with E-state index in [1.165, 1.54) is 0 Å². The fraction of sp³-hybridized carbons (Fsp3) is 0.500. The number of hydrogen-bond donors (Lipinski definition) is 1. The lowest BCUT2D eigenvalue weighted by atomic mass is 9.97. The van der Waals surface area contributed by atoms with E-state index in [-0.39, 0.29) is 12.5 Å². The number of hydrogen-bond acceptors (Lipinski definition) is 4. The number of carbonyl (C=O) groups excluding carboxylic acids is 1. The molecule has 0 radical (unpaired) electrons. The van der Waals surface area contributed by atoms with Crippen molar-refractivity contribution in [1.29, 1.82) is 0 Å². The van der Waals surface area contributed by atoms with E-state index in [0.717, 1.165) is 37.9 Å². The Labute approximate surface area is 138 Å². The second-order valence-corrected chi connectivity index (χ2v) is 5.83. The topological polar surface area (TPSA) is 64.8 Å². The van der Waals surface area contributed by atoms with Gasteiger partial charge in [0.05, 0.1) is 7.11 Å². The molecular formula is C18H26N2O3. The first-order chi connectivity index (χ1) is 11.2. The van der Waals surface area contributed by atoms with Crippen molar-refractivity contribution in [1.82, 2.24) is 4.90 Å². The van der Waals surface area contributed by atoms with Gasteiger partial charge in [-0.25, -0.2) is 0 Å². The summed E-state index contributed by atoms with van der Waals surface area (Å²) in [6.07, 6.45) is 4.55. The van der Waals surface area contributed by atoms with Gasteiger partial charge in [0.15, 0.2) is 18.1 Å². The van der Waals surface area contributed by atoms with Crippen LogP contribution in [0, 0.1) is 5.92 Å². The number of ether oxygens (including phenoxy) is 2. The Hall–Kier alpha value is -2.01. The molecule has 0 aromatic heterocycles. The first kappa shape index (κ1) is 17.3. The first-order valence-electron chi connectivity index (χ1n) is 8.06. The molecular weight excluding hydrogens is 292 g/mol. The molecule has 0 atom stereocenters. The zero-order valence-electron chi connectivity index (χ0n) is 13.8. The molecule has 0 bridgehead atoms. The van der Waals surface area contributed by atoms with E-state index in [9.17, 15) is 4.79 Å². The summed E-state index contributed by atoms with van der Waals surface area (Å²) in [6.45, 7) is 5.99. The predicted octanol–water partition coefficient (Wildman–Crippen LogP) is 2.00. The summed E-state index contributed by atoms with van der Waals surface area (Å²) in [5.74, 6) is 1.78. The van der Waals surface area contributed by atoms with Gasteiger partial charge in [-0.15, -0.1) is 6.58 Å². The Balaban J connectivity index is 1.90. The van der Waals surface area contributed by atoms with Crippen LogP contribution in [-0.2, 0) is 11.2 Å². The molecule has 1 saturated heterocycles. The van der Waals surface area contributed by atoms with Gasteiger partial charge in [-0.2, -0.15) is 0 Å². The molecule has 1 aromatic rings. The maximum absolute atomic E-state index is 12.3. The second-order valence-electron chi connectivity index (χ2n) is 5.83. The quantitative estimate of drug-likeness (QED) is 0.781. The van der Waals surface area contributed by atoms with Gasteiger partial charge in [0.25, 0.3) is 5.91 Å². The Morgan fingerprint density at radius 2 is 2.13 bits per heavy atom. The van der Waals surface area contributed by atoms with Gasteiger partial charge in [0.1, 0.15) is 0 Å². The molecule has 0 saturated carbocycles. The van der Waals surface area contributed by atoms with Gasteiger partial charge >= 0.3 is 0 Å². The SMILES string of the molecule is C=CCc1ccc(OCC(=O)N2CCC(CN)CC2)c(OC)c1. The lowest BCUT2D eigenvalue weighted by Crippen LogP contribution is -2.42. The molecule has 1 amide bonds. The van der Waals surface area contributed by atoms with Crippen molar-refractivity contribution >= 4 is 5.91 Å². The van der Waals surface area contributed by atoms with Gasteiger partial charge in [-0.05, 0) is 49.4 Å². The highest BCUT2D eigenvalue weighted by molar-refractivity contribution is 5.78. The lowest BCUT2D eigenvalue weighted by Gasteiger charge is -2.31. The molecule has 1 fully saturated rings. The molecule has 0 unspecified atom stereocenters. The van der Waals surface area contributed by atoms with Crippen molar-refractivity contribution in [3.63, 3.8) is 0 Å². The number of benzene rings is 1. The van der Waals surface area contributed by atoms with Gasteiger partial charge in [0.2, 0.25) is 0 Å². The smallest absolute Gasteiger partial charge is 0.260 e. The van der Waals surface area contributed by atoms with Crippen LogP contribution in [0.2, 0.25) is 0 Å². The number of nitrogens with two attached hydrogens (primary N) is 1. The van der Waals surface area contributed by atoms with Crippen LogP contribution in [0.25, 0.3) is 0 Å². The number of nitrogens with zero attached hydrogens (tertiary/aromatic N) is 1. The third-order valence-electron chi connectivity index (χ3n) is 4.26. The van der Waals surface area contributed by atoms with Crippen molar-refractivity contribution in [2.45, 2.75) is 19.3 Å². The summed E-state index contributed by atoms with van der Waals surface area (Å²) in [5.41, 5.74) is 6.77. The van der Waals surface area contributed by atoms with E-state index in [2.05, 4.69) is 6.58 Å². The minimum Gasteiger partial charge on any atom is -0.493 e. The van der Waals surface area contributed by atoms with Gasteiger partial charge in [-0.3, -0.25) is 4.79 Å². The summed E-state index contributed by atoms with van der Waals surface area (Å²) < 4.78 is 11.0. The summed E-state index contributed by atoms with van der Waals surface area (Å²) in [4.78, 5) is 14.1. The molecule has 1 aliphatic heterocycles. The van der Waals surface area contributed by atoms with Crippen molar-refractivity contribution in [2.24, 2.45) is 11.7 Å². The largest absolute Gasteiger partial charge is 0.493 e. The monoisotopic (exact) mass is 318 g/mol. The number of piperidine rings is 1. The number of methoxy groups -OCH3 is 1. The Bertz CT molecular complexity index is 537. The highest BCUT2D eigenvalue weighted by Crippen LogP contribution is 2.28. The highest BCUT2D eigenvalue weighted by Gasteiger charge is 2.22. The summed E-state index contributed by atoms with van der Waals surface area (Å²) >= 11 is 0. The maximum Gasteiger partial charge on any atom is 0.260 e. The Morgan fingerprint density at radius 1 is 1.39 bits per heavy atom. The van der Waals surface area contributed by atoms with Crippen molar-refractivity contribution in [2.75, 3.05) is 33.4 Å². The number of carbonyl (C=O) groups is 1. The van der Waals surface area contributed by atoms with Crippen LogP contribution in [0.3, 0.4) is 0 Å². The first-order valence-corrected chi connectivity index (χ1v) is 8.06. The average molecular weight is 318 g/mol. The third-order valence-corrected chi connectivity index (χ3v) is 4.26. The van der Waals surface area contributed by atoms with Crippen LogP contribution in [0.4, 0.5) is 0 Å². The minimum atomic E-state index is 0.0118. The van der Waals surface area contributed by atoms with E-state index >= 15 is 0 Å². The molecule has 2 N–H and O–H groups in total. The number of rotatable bonds is 7. The molecule has 0 spiro atoms. The van der Waals surface area contributed by atoms with Gasteiger partial charge in [-0.1, -0.05) is 12.1 Å². The predicted molar refractivity (Wildman–Crippen MR) is 90.7 cm³/mol. The zero-order chi connectivity index (χ0) is 16.7. The van der Waals surface area contributed by atoms with Gasteiger partial charge < -0.3 is 20.1 Å². The second kappa shape index (κ2) is 8.58. The van der Waals surface area contributed by atoms with E-state index in [1.54, 1.807) is 7.11 Å². The van der Waals surface area contributed by atoms with E-state index < -0.39 is 0 Å². The van der Waals surface area contributed by atoms with Crippen LogP contribution in [0.5, 0.6) is 11.5 Å². The van der Waals surface area contributed by atoms with Crippen LogP contribution in [0.15, 0.2) is 30.9 Å². The average Bonchev–Trinajstić information content (AvgIpc) is 2.60. The van der Waals surface area contributed by atoms with Crippen molar-refractivity contribution < 1.29 is 14.3 Å². The number of allylic oxidation sites excluding steroid dienone is 1. The number of likely N-dealkylation sites (tertiary alicyclic amines) is 1. The molecule has 1 aliphatic rings. The third kappa shape index (κ3) is 4.73. The van der Waals surface area contributed by atoms with E-state index in [0.29, 0.717) is 24.0 Å². The standard InChI is InChI=1S/C18H26N2O3/c1-3-4-14-5-6-16(17(11-14)22-2)23-13-18(21)20-9-7-15(12-19)8-10-20/h3,5-6,11,15H,1,4,7-10,12-13,19H2,2H3. The van der Waals surface area contributed by atoms with Gasteiger partial charge in [0, 0.05) is 13.1 Å². The Kier molecular flexibility index (Phi) is 6.47. The van der Waals surface area contributed by atoms with E-state index in [4.69, 9.17) is 15.2 Å². The molecule has 5 nitrogen and oxygen atoms in total. The molecule has 2 rings (SSSR count). The fourth-order valence-corrected chi connectivity index (χ4v) is 2.77. The van der Waals surface area contributed by atoms with E-state index in [1.807, 2.05) is 29.2 Å². The number of amides is 1. The molecule has 23 heavy (non-hydrogen) atoms. The lowest BCUT2D eigenvalue weighted by molar-refractivity contribution is -0.134. The molecule has 1 heterocycles.